The van der Waals surface area contributed by atoms with Gasteiger partial charge in [0, 0.05) is 0 Å². The third-order valence-corrected chi connectivity index (χ3v) is 6.60. The van der Waals surface area contributed by atoms with Crippen molar-refractivity contribution in [2.45, 2.75) is 27.9 Å². The van der Waals surface area contributed by atoms with Gasteiger partial charge in [0.2, 0.25) is 10.0 Å². The number of rotatable bonds is 3. The van der Waals surface area contributed by atoms with E-state index in [1.54, 1.807) is 0 Å². The molecule has 1 saturated heterocycles. The third kappa shape index (κ3) is 2.97. The van der Waals surface area contributed by atoms with Crippen LogP contribution in [0.1, 0.15) is 12.8 Å². The molecule has 1 aromatic rings. The van der Waals surface area contributed by atoms with Crippen LogP contribution < -0.4 is 10.5 Å². The second-order valence-electron chi connectivity index (χ2n) is 4.49. The van der Waals surface area contributed by atoms with Crippen LogP contribution in [0, 0.1) is 0 Å². The molecule has 0 aliphatic carbocycles. The van der Waals surface area contributed by atoms with Crippen LogP contribution in [-0.2, 0) is 19.9 Å². The van der Waals surface area contributed by atoms with Crippen LogP contribution in [0.5, 0.6) is 0 Å². The molecule has 1 aromatic carbocycles. The Morgan fingerprint density at radius 2 is 1.53 bits per heavy atom. The Morgan fingerprint density at radius 1 is 1.00 bits per heavy atom. The Hall–Kier alpha value is -0.960. The van der Waals surface area contributed by atoms with Crippen molar-refractivity contribution in [3.63, 3.8) is 0 Å². The molecule has 19 heavy (non-hydrogen) atoms. The minimum Gasteiger partial charge on any atom is -0.317 e. The Morgan fingerprint density at radius 3 is 2.05 bits per heavy atom. The van der Waals surface area contributed by atoms with Gasteiger partial charge in [-0.25, -0.2) is 22.0 Å². The standard InChI is InChI=1S/C11H16N2O4S2/c12-19(16,17)11-4-2-1-3-10(11)18(14,15)9-5-7-13-8-6-9/h1-4,9,13H,5-8H2,(H2,12,16,17). The normalized spacial score (nSPS) is 18.4. The van der Waals surface area contributed by atoms with Crippen molar-refractivity contribution >= 4 is 19.9 Å². The van der Waals surface area contributed by atoms with E-state index in [-0.39, 0.29) is 9.79 Å². The lowest BCUT2D eigenvalue weighted by molar-refractivity contribution is 0.495. The van der Waals surface area contributed by atoms with Gasteiger partial charge in [-0.15, -0.1) is 0 Å². The van der Waals surface area contributed by atoms with E-state index in [1.165, 1.54) is 24.3 Å². The molecule has 106 valence electrons. The van der Waals surface area contributed by atoms with Gasteiger partial charge < -0.3 is 5.32 Å². The van der Waals surface area contributed by atoms with Crippen molar-refractivity contribution in [2.75, 3.05) is 13.1 Å². The van der Waals surface area contributed by atoms with Crippen molar-refractivity contribution in [3.05, 3.63) is 24.3 Å². The van der Waals surface area contributed by atoms with Crippen LogP contribution in [0.25, 0.3) is 0 Å². The quantitative estimate of drug-likeness (QED) is 0.808. The average molecular weight is 304 g/mol. The fourth-order valence-corrected chi connectivity index (χ4v) is 5.35. The first-order valence-electron chi connectivity index (χ1n) is 5.90. The maximum Gasteiger partial charge on any atom is 0.239 e. The topological polar surface area (TPSA) is 106 Å². The predicted molar refractivity (Wildman–Crippen MR) is 70.9 cm³/mol. The van der Waals surface area contributed by atoms with Gasteiger partial charge in [-0.1, -0.05) is 12.1 Å². The summed E-state index contributed by atoms with van der Waals surface area (Å²) in [6.45, 7) is 1.23. The van der Waals surface area contributed by atoms with Crippen molar-refractivity contribution < 1.29 is 16.8 Å². The molecule has 3 N–H and O–H groups in total. The lowest BCUT2D eigenvalue weighted by Gasteiger charge is -2.23. The van der Waals surface area contributed by atoms with Gasteiger partial charge in [0.1, 0.15) is 4.90 Å². The van der Waals surface area contributed by atoms with E-state index in [9.17, 15) is 16.8 Å². The maximum absolute atomic E-state index is 12.5. The molecule has 1 fully saturated rings. The SMILES string of the molecule is NS(=O)(=O)c1ccccc1S(=O)(=O)C1CCNCC1. The van der Waals surface area contributed by atoms with Crippen molar-refractivity contribution in [3.8, 4) is 0 Å². The summed E-state index contributed by atoms with van der Waals surface area (Å²) in [5.41, 5.74) is 0. The molecule has 0 bridgehead atoms. The molecule has 0 atom stereocenters. The van der Waals surface area contributed by atoms with Gasteiger partial charge in [0.05, 0.1) is 10.1 Å². The van der Waals surface area contributed by atoms with E-state index >= 15 is 0 Å². The lowest BCUT2D eigenvalue weighted by Crippen LogP contribution is -2.36. The number of hydrogen-bond donors (Lipinski definition) is 2. The highest BCUT2D eigenvalue weighted by atomic mass is 32.2. The second-order valence-corrected chi connectivity index (χ2v) is 8.21. The number of nitrogens with two attached hydrogens (primary N) is 1. The average Bonchev–Trinajstić information content (AvgIpc) is 2.39. The molecule has 1 aliphatic rings. The largest absolute Gasteiger partial charge is 0.317 e. The zero-order valence-electron chi connectivity index (χ0n) is 10.2. The maximum atomic E-state index is 12.5. The van der Waals surface area contributed by atoms with Crippen LogP contribution in [-0.4, -0.2) is 35.2 Å². The monoisotopic (exact) mass is 304 g/mol. The number of sulfonamides is 1. The zero-order valence-corrected chi connectivity index (χ0v) is 11.9. The molecular formula is C11H16N2O4S2. The van der Waals surface area contributed by atoms with E-state index in [2.05, 4.69) is 5.32 Å². The highest BCUT2D eigenvalue weighted by Crippen LogP contribution is 2.27. The Balaban J connectivity index is 2.52. The highest BCUT2D eigenvalue weighted by molar-refractivity contribution is 7.94. The highest BCUT2D eigenvalue weighted by Gasteiger charge is 2.32. The lowest BCUT2D eigenvalue weighted by atomic mass is 10.2. The first-order chi connectivity index (χ1) is 8.83. The molecule has 8 heteroatoms. The molecule has 6 nitrogen and oxygen atoms in total. The molecule has 0 unspecified atom stereocenters. The fraction of sp³-hybridized carbons (Fsp3) is 0.455. The Labute approximate surface area is 113 Å². The molecule has 0 saturated carbocycles. The zero-order chi connectivity index (χ0) is 14.1. The summed E-state index contributed by atoms with van der Waals surface area (Å²) in [5, 5.41) is 7.60. The number of hydrogen-bond acceptors (Lipinski definition) is 5. The first kappa shape index (κ1) is 14.4. The van der Waals surface area contributed by atoms with Crippen LogP contribution in [0.3, 0.4) is 0 Å². The third-order valence-electron chi connectivity index (χ3n) is 3.19. The first-order valence-corrected chi connectivity index (χ1v) is 8.99. The van der Waals surface area contributed by atoms with Gasteiger partial charge >= 0.3 is 0 Å². The van der Waals surface area contributed by atoms with Crippen molar-refractivity contribution in [2.24, 2.45) is 5.14 Å². The molecule has 0 amide bonds. The summed E-state index contributed by atoms with van der Waals surface area (Å²) in [6.07, 6.45) is 0.947. The molecule has 0 spiro atoms. The summed E-state index contributed by atoms with van der Waals surface area (Å²) in [7, 11) is -7.73. The molecule has 1 heterocycles. The van der Waals surface area contributed by atoms with Crippen LogP contribution >= 0.6 is 0 Å². The Kier molecular flexibility index (Phi) is 3.95. The molecule has 0 radical (unpaired) electrons. The van der Waals surface area contributed by atoms with E-state index in [0.29, 0.717) is 25.9 Å². The van der Waals surface area contributed by atoms with E-state index in [1.807, 2.05) is 0 Å². The molecule has 1 aliphatic heterocycles. The summed E-state index contributed by atoms with van der Waals surface area (Å²) < 4.78 is 48.0. The van der Waals surface area contributed by atoms with Gasteiger partial charge in [-0.2, -0.15) is 0 Å². The smallest absolute Gasteiger partial charge is 0.239 e. The van der Waals surface area contributed by atoms with E-state index in [0.717, 1.165) is 0 Å². The van der Waals surface area contributed by atoms with Gasteiger partial charge in [-0.05, 0) is 38.1 Å². The van der Waals surface area contributed by atoms with Gasteiger partial charge in [0.25, 0.3) is 0 Å². The van der Waals surface area contributed by atoms with Crippen LogP contribution in [0.4, 0.5) is 0 Å². The van der Waals surface area contributed by atoms with Crippen molar-refractivity contribution in [1.82, 2.24) is 5.32 Å². The summed E-state index contributed by atoms with van der Waals surface area (Å²) in [5.74, 6) is 0. The predicted octanol–water partition coefficient (Wildman–Crippen LogP) is -0.140. The number of benzene rings is 1. The number of primary sulfonamides is 1. The van der Waals surface area contributed by atoms with Crippen LogP contribution in [0.2, 0.25) is 0 Å². The molecular weight excluding hydrogens is 288 g/mol. The van der Waals surface area contributed by atoms with E-state index < -0.39 is 25.1 Å². The number of piperidine rings is 1. The van der Waals surface area contributed by atoms with Gasteiger partial charge in [0.15, 0.2) is 9.84 Å². The summed E-state index contributed by atoms with van der Waals surface area (Å²) in [6, 6.07) is 5.49. The summed E-state index contributed by atoms with van der Waals surface area (Å²) >= 11 is 0. The van der Waals surface area contributed by atoms with Crippen LogP contribution in [0.15, 0.2) is 34.1 Å². The van der Waals surface area contributed by atoms with Gasteiger partial charge in [-0.3, -0.25) is 0 Å². The fourth-order valence-electron chi connectivity index (χ4n) is 2.21. The van der Waals surface area contributed by atoms with E-state index in [4.69, 9.17) is 5.14 Å². The molecule has 0 aromatic heterocycles. The Bertz CT molecular complexity index is 662. The second kappa shape index (κ2) is 5.20. The minimum atomic E-state index is -4.05. The number of sulfone groups is 1. The minimum absolute atomic E-state index is 0.190. The number of nitrogens with one attached hydrogen (secondary N) is 1. The molecule has 2 rings (SSSR count). The summed E-state index contributed by atoms with van der Waals surface area (Å²) in [4.78, 5) is -0.516. The van der Waals surface area contributed by atoms with Crippen molar-refractivity contribution in [1.29, 1.82) is 0 Å².